The number of nitrogens with zero attached hydrogens (tertiary/aromatic N) is 2. The molecule has 0 aromatic heterocycles. The number of rotatable bonds is 4. The maximum Gasteiger partial charge on any atom is 0.251 e. The lowest BCUT2D eigenvalue weighted by Gasteiger charge is -2.15. The highest BCUT2D eigenvalue weighted by atomic mass is 127. The Bertz CT molecular complexity index is 473. The molecule has 1 amide bonds. The minimum atomic E-state index is -0.0260. The summed E-state index contributed by atoms with van der Waals surface area (Å²) < 4.78 is 0. The van der Waals surface area contributed by atoms with Crippen LogP contribution >= 0.6 is 24.0 Å². The predicted molar refractivity (Wildman–Crippen MR) is 91.6 cm³/mol. The predicted octanol–water partition coefficient (Wildman–Crippen LogP) is 1.45. The first-order valence-electron chi connectivity index (χ1n) is 6.57. The van der Waals surface area contributed by atoms with Crippen LogP contribution in [0.3, 0.4) is 0 Å². The van der Waals surface area contributed by atoms with Crippen LogP contribution in [0.1, 0.15) is 22.8 Å². The van der Waals surface area contributed by atoms with E-state index in [9.17, 15) is 4.79 Å². The van der Waals surface area contributed by atoms with Crippen LogP contribution in [0.25, 0.3) is 0 Å². The van der Waals surface area contributed by atoms with Crippen molar-refractivity contribution >= 4 is 35.8 Å². The quantitative estimate of drug-likeness (QED) is 0.768. The third-order valence-electron chi connectivity index (χ3n) is 3.06. The Kier molecular flexibility index (Phi) is 6.77. The van der Waals surface area contributed by atoms with E-state index < -0.39 is 0 Å². The van der Waals surface area contributed by atoms with Crippen molar-refractivity contribution in [1.82, 2.24) is 15.5 Å². The van der Waals surface area contributed by atoms with Crippen LogP contribution in [-0.4, -0.2) is 43.4 Å². The molecular formula is C14H21IN4O. The second kappa shape index (κ2) is 8.08. The van der Waals surface area contributed by atoms with Crippen molar-refractivity contribution in [2.75, 3.05) is 26.7 Å². The van der Waals surface area contributed by atoms with Gasteiger partial charge in [0.15, 0.2) is 5.96 Å². The molecule has 0 radical (unpaired) electrons. The molecule has 20 heavy (non-hydrogen) atoms. The molecule has 2 rings (SSSR count). The van der Waals surface area contributed by atoms with E-state index in [4.69, 9.17) is 0 Å². The highest BCUT2D eigenvalue weighted by Gasteiger charge is 2.11. The average Bonchev–Trinajstić information content (AvgIpc) is 2.83. The summed E-state index contributed by atoms with van der Waals surface area (Å²) in [4.78, 5) is 18.1. The number of carbonyl (C=O) groups is 1. The Morgan fingerprint density at radius 3 is 2.60 bits per heavy atom. The lowest BCUT2D eigenvalue weighted by Crippen LogP contribution is -2.35. The van der Waals surface area contributed by atoms with Gasteiger partial charge in [-0.1, -0.05) is 12.1 Å². The molecule has 1 heterocycles. The van der Waals surface area contributed by atoms with Crippen LogP contribution in [0, 0.1) is 0 Å². The summed E-state index contributed by atoms with van der Waals surface area (Å²) >= 11 is 0. The van der Waals surface area contributed by atoms with Gasteiger partial charge in [-0.25, -0.2) is 0 Å². The van der Waals surface area contributed by atoms with Gasteiger partial charge in [0.1, 0.15) is 0 Å². The van der Waals surface area contributed by atoms with Crippen molar-refractivity contribution in [3.05, 3.63) is 35.4 Å². The summed E-state index contributed by atoms with van der Waals surface area (Å²) in [6.07, 6.45) is 0. The molecule has 0 atom stereocenters. The number of nitrogens with one attached hydrogen (secondary N) is 2. The molecule has 1 aliphatic rings. The van der Waals surface area contributed by atoms with Crippen LogP contribution in [0.15, 0.2) is 29.3 Å². The molecule has 0 fully saturated rings. The van der Waals surface area contributed by atoms with Crippen molar-refractivity contribution in [2.45, 2.75) is 13.5 Å². The highest BCUT2D eigenvalue weighted by molar-refractivity contribution is 14.0. The van der Waals surface area contributed by atoms with E-state index in [1.165, 1.54) is 0 Å². The summed E-state index contributed by atoms with van der Waals surface area (Å²) in [5, 5.41) is 6.08. The topological polar surface area (TPSA) is 56.7 Å². The van der Waals surface area contributed by atoms with Gasteiger partial charge in [-0.05, 0) is 24.6 Å². The number of benzene rings is 1. The zero-order valence-corrected chi connectivity index (χ0v) is 14.2. The number of likely N-dealkylation sites (N-methyl/N-ethyl adjacent to an activating group) is 1. The first-order valence-corrected chi connectivity index (χ1v) is 6.57. The lowest BCUT2D eigenvalue weighted by atomic mass is 10.1. The van der Waals surface area contributed by atoms with Gasteiger partial charge in [-0.3, -0.25) is 9.79 Å². The monoisotopic (exact) mass is 388 g/mol. The van der Waals surface area contributed by atoms with Crippen LogP contribution in [0.2, 0.25) is 0 Å². The van der Waals surface area contributed by atoms with E-state index >= 15 is 0 Å². The van der Waals surface area contributed by atoms with Crippen molar-refractivity contribution < 1.29 is 4.79 Å². The van der Waals surface area contributed by atoms with Gasteiger partial charge in [0.2, 0.25) is 0 Å². The standard InChI is InChI=1S/C14H20N4O.HI/c1-3-15-13(19)12-6-4-11(5-7-12)10-17-14-16-8-9-18(14)2;/h4-7H,3,8-10H2,1-2H3,(H,15,19)(H,16,17);1H. The van der Waals surface area contributed by atoms with E-state index in [2.05, 4.69) is 20.5 Å². The molecule has 0 aliphatic carbocycles. The molecule has 0 saturated heterocycles. The third-order valence-corrected chi connectivity index (χ3v) is 3.06. The Morgan fingerprint density at radius 1 is 1.35 bits per heavy atom. The van der Waals surface area contributed by atoms with Crippen LogP contribution in [-0.2, 0) is 6.54 Å². The second-order valence-electron chi connectivity index (χ2n) is 4.54. The molecule has 0 bridgehead atoms. The summed E-state index contributed by atoms with van der Waals surface area (Å²) in [5.74, 6) is 0.912. The van der Waals surface area contributed by atoms with Crippen LogP contribution in [0.4, 0.5) is 0 Å². The maximum atomic E-state index is 11.6. The first kappa shape index (κ1) is 16.7. The maximum absolute atomic E-state index is 11.6. The Hall–Kier alpha value is -1.31. The normalized spacial score (nSPS) is 13.5. The zero-order valence-electron chi connectivity index (χ0n) is 11.8. The first-order chi connectivity index (χ1) is 9.20. The SMILES string of the molecule is CCNC(=O)c1ccc(CNC2=NCCN2C)cc1.I. The van der Waals surface area contributed by atoms with E-state index in [1.54, 1.807) is 0 Å². The van der Waals surface area contributed by atoms with Crippen molar-refractivity contribution in [2.24, 2.45) is 4.99 Å². The fourth-order valence-electron chi connectivity index (χ4n) is 1.94. The average molecular weight is 388 g/mol. The van der Waals surface area contributed by atoms with Gasteiger partial charge in [-0.2, -0.15) is 0 Å². The molecule has 0 saturated carbocycles. The van der Waals surface area contributed by atoms with E-state index in [0.29, 0.717) is 12.1 Å². The molecule has 0 unspecified atom stereocenters. The zero-order chi connectivity index (χ0) is 13.7. The lowest BCUT2D eigenvalue weighted by molar-refractivity contribution is 0.0956. The molecule has 1 aliphatic heterocycles. The van der Waals surface area contributed by atoms with Gasteiger partial charge in [0.05, 0.1) is 6.54 Å². The number of guanidine groups is 1. The van der Waals surface area contributed by atoms with Gasteiger partial charge < -0.3 is 15.5 Å². The van der Waals surface area contributed by atoms with E-state index in [-0.39, 0.29) is 29.9 Å². The molecular weight excluding hydrogens is 367 g/mol. The second-order valence-corrected chi connectivity index (χ2v) is 4.54. The Morgan fingerprint density at radius 2 is 2.05 bits per heavy atom. The Labute approximate surface area is 136 Å². The van der Waals surface area contributed by atoms with Crippen molar-refractivity contribution in [3.63, 3.8) is 0 Å². The molecule has 0 spiro atoms. The van der Waals surface area contributed by atoms with Gasteiger partial charge in [0, 0.05) is 32.2 Å². The number of amides is 1. The summed E-state index contributed by atoms with van der Waals surface area (Å²) in [6, 6.07) is 7.63. The summed E-state index contributed by atoms with van der Waals surface area (Å²) in [5.41, 5.74) is 1.83. The fraction of sp³-hybridized carbons (Fsp3) is 0.429. The largest absolute Gasteiger partial charge is 0.352 e. The Balaban J connectivity index is 0.00000200. The highest BCUT2D eigenvalue weighted by Crippen LogP contribution is 2.05. The summed E-state index contributed by atoms with van der Waals surface area (Å²) in [7, 11) is 2.02. The molecule has 5 nitrogen and oxygen atoms in total. The van der Waals surface area contributed by atoms with Crippen molar-refractivity contribution in [3.8, 4) is 0 Å². The minimum absolute atomic E-state index is 0. The van der Waals surface area contributed by atoms with Crippen molar-refractivity contribution in [1.29, 1.82) is 0 Å². The molecule has 110 valence electrons. The van der Waals surface area contributed by atoms with E-state index in [1.807, 2.05) is 38.2 Å². The van der Waals surface area contributed by atoms with Crippen LogP contribution < -0.4 is 10.6 Å². The molecule has 2 N–H and O–H groups in total. The number of aliphatic imine (C=N–C) groups is 1. The van der Waals surface area contributed by atoms with E-state index in [0.717, 1.165) is 31.2 Å². The molecule has 1 aromatic rings. The van der Waals surface area contributed by atoms with Gasteiger partial charge in [0.25, 0.3) is 5.91 Å². The van der Waals surface area contributed by atoms with Gasteiger partial charge >= 0.3 is 0 Å². The fourth-order valence-corrected chi connectivity index (χ4v) is 1.94. The van der Waals surface area contributed by atoms with Gasteiger partial charge in [-0.15, -0.1) is 24.0 Å². The summed E-state index contributed by atoms with van der Waals surface area (Å²) in [6.45, 7) is 5.11. The molecule has 6 heteroatoms. The minimum Gasteiger partial charge on any atom is -0.352 e. The number of halogens is 1. The number of carbonyl (C=O) groups excluding carboxylic acids is 1. The number of hydrogen-bond donors (Lipinski definition) is 2. The third kappa shape index (κ3) is 4.36. The smallest absolute Gasteiger partial charge is 0.251 e. The molecule has 1 aromatic carbocycles. The number of hydrogen-bond acceptors (Lipinski definition) is 4. The van der Waals surface area contributed by atoms with Crippen LogP contribution in [0.5, 0.6) is 0 Å².